The Kier molecular flexibility index (Phi) is 4.76. The van der Waals surface area contributed by atoms with E-state index in [9.17, 15) is 9.59 Å². The molecule has 1 aromatic carbocycles. The van der Waals surface area contributed by atoms with E-state index in [0.29, 0.717) is 12.5 Å². The number of carbonyl (C=O) groups excluding carboxylic acids is 2. The molecule has 2 amide bonds. The van der Waals surface area contributed by atoms with Gasteiger partial charge in [-0.1, -0.05) is 30.3 Å². The fourth-order valence-electron chi connectivity index (χ4n) is 2.99. The summed E-state index contributed by atoms with van der Waals surface area (Å²) < 4.78 is 0. The molecule has 1 N–H and O–H groups in total. The minimum absolute atomic E-state index is 0.0961. The summed E-state index contributed by atoms with van der Waals surface area (Å²) in [4.78, 5) is 26.2. The molecule has 0 bridgehead atoms. The average Bonchev–Trinajstić information content (AvgIpc) is 3.37. The number of aryl methyl sites for hydroxylation is 1. The second-order valence-corrected chi connectivity index (χ2v) is 6.42. The Morgan fingerprint density at radius 2 is 1.73 bits per heavy atom. The first kappa shape index (κ1) is 15.1. The van der Waals surface area contributed by atoms with E-state index in [-0.39, 0.29) is 17.7 Å². The molecular formula is C18H24N2O2. The lowest BCUT2D eigenvalue weighted by Crippen LogP contribution is -2.43. The predicted octanol–water partition coefficient (Wildman–Crippen LogP) is 2.14. The van der Waals surface area contributed by atoms with Crippen LogP contribution in [0.2, 0.25) is 0 Å². The maximum Gasteiger partial charge on any atom is 0.223 e. The lowest BCUT2D eigenvalue weighted by atomic mass is 9.95. The van der Waals surface area contributed by atoms with Crippen molar-refractivity contribution in [2.45, 2.75) is 44.6 Å². The predicted molar refractivity (Wildman–Crippen MR) is 85.2 cm³/mol. The quantitative estimate of drug-likeness (QED) is 0.905. The SMILES string of the molecule is O=C(NC1CC1)C1CCN(C(=O)CCc2ccccc2)CC1. The molecule has 1 saturated carbocycles. The fourth-order valence-corrected chi connectivity index (χ4v) is 2.99. The van der Waals surface area contributed by atoms with E-state index in [0.717, 1.165) is 45.2 Å². The number of hydrogen-bond acceptors (Lipinski definition) is 2. The molecule has 1 aromatic rings. The molecule has 3 rings (SSSR count). The van der Waals surface area contributed by atoms with Crippen LogP contribution in [0.3, 0.4) is 0 Å². The Morgan fingerprint density at radius 3 is 2.36 bits per heavy atom. The van der Waals surface area contributed by atoms with E-state index in [4.69, 9.17) is 0 Å². The third-order valence-corrected chi connectivity index (χ3v) is 4.61. The van der Waals surface area contributed by atoms with E-state index in [2.05, 4.69) is 17.4 Å². The van der Waals surface area contributed by atoms with Crippen LogP contribution in [0.15, 0.2) is 30.3 Å². The number of hydrogen-bond donors (Lipinski definition) is 1. The number of amides is 2. The molecule has 4 heteroatoms. The maximum atomic E-state index is 12.3. The highest BCUT2D eigenvalue weighted by Gasteiger charge is 2.30. The molecule has 1 saturated heterocycles. The Morgan fingerprint density at radius 1 is 1.05 bits per heavy atom. The van der Waals surface area contributed by atoms with Gasteiger partial charge in [0.1, 0.15) is 0 Å². The number of rotatable bonds is 5. The largest absolute Gasteiger partial charge is 0.353 e. The highest BCUT2D eigenvalue weighted by Crippen LogP contribution is 2.23. The first-order valence-corrected chi connectivity index (χ1v) is 8.34. The van der Waals surface area contributed by atoms with Crippen molar-refractivity contribution in [3.8, 4) is 0 Å². The highest BCUT2D eigenvalue weighted by molar-refractivity contribution is 5.80. The van der Waals surface area contributed by atoms with Crippen LogP contribution in [-0.2, 0) is 16.0 Å². The molecule has 118 valence electrons. The Labute approximate surface area is 131 Å². The molecule has 4 nitrogen and oxygen atoms in total. The van der Waals surface area contributed by atoms with Crippen molar-refractivity contribution in [3.63, 3.8) is 0 Å². The van der Waals surface area contributed by atoms with Gasteiger partial charge < -0.3 is 10.2 Å². The number of carbonyl (C=O) groups is 2. The molecule has 1 aliphatic carbocycles. The molecule has 22 heavy (non-hydrogen) atoms. The molecule has 0 spiro atoms. The van der Waals surface area contributed by atoms with Crippen LogP contribution in [0, 0.1) is 5.92 Å². The summed E-state index contributed by atoms with van der Waals surface area (Å²) in [5, 5.41) is 3.07. The number of nitrogens with zero attached hydrogens (tertiary/aromatic N) is 1. The summed E-state index contributed by atoms with van der Waals surface area (Å²) in [5.74, 6) is 0.502. The van der Waals surface area contributed by atoms with Crippen molar-refractivity contribution in [1.29, 1.82) is 0 Å². The zero-order valence-electron chi connectivity index (χ0n) is 13.0. The summed E-state index contributed by atoms with van der Waals surface area (Å²) >= 11 is 0. The van der Waals surface area contributed by atoms with Crippen molar-refractivity contribution >= 4 is 11.8 Å². The third kappa shape index (κ3) is 4.09. The van der Waals surface area contributed by atoms with Crippen LogP contribution in [0.25, 0.3) is 0 Å². The van der Waals surface area contributed by atoms with Crippen LogP contribution in [0.4, 0.5) is 0 Å². The number of piperidine rings is 1. The van der Waals surface area contributed by atoms with Gasteiger partial charge in [0.2, 0.25) is 11.8 Å². The molecule has 2 fully saturated rings. The standard InChI is InChI=1S/C18H24N2O2/c21-17(9-6-14-4-2-1-3-5-14)20-12-10-15(11-13-20)18(22)19-16-7-8-16/h1-5,15-16H,6-13H2,(H,19,22). The van der Waals surface area contributed by atoms with Crippen LogP contribution in [0.5, 0.6) is 0 Å². The van der Waals surface area contributed by atoms with Gasteiger partial charge in [-0.2, -0.15) is 0 Å². The van der Waals surface area contributed by atoms with Crippen molar-refractivity contribution in [2.75, 3.05) is 13.1 Å². The second kappa shape index (κ2) is 6.95. The number of benzene rings is 1. The van der Waals surface area contributed by atoms with E-state index >= 15 is 0 Å². The molecule has 0 unspecified atom stereocenters. The van der Waals surface area contributed by atoms with E-state index in [1.165, 1.54) is 5.56 Å². The van der Waals surface area contributed by atoms with Gasteiger partial charge in [0.25, 0.3) is 0 Å². The van der Waals surface area contributed by atoms with E-state index in [1.807, 2.05) is 23.1 Å². The fraction of sp³-hybridized carbons (Fsp3) is 0.556. The second-order valence-electron chi connectivity index (χ2n) is 6.42. The van der Waals surface area contributed by atoms with Crippen molar-refractivity contribution in [3.05, 3.63) is 35.9 Å². The maximum absolute atomic E-state index is 12.3. The van der Waals surface area contributed by atoms with Gasteiger partial charge in [-0.25, -0.2) is 0 Å². The molecular weight excluding hydrogens is 276 g/mol. The van der Waals surface area contributed by atoms with Crippen LogP contribution in [-0.4, -0.2) is 35.8 Å². The van der Waals surface area contributed by atoms with Crippen LogP contribution in [0.1, 0.15) is 37.7 Å². The first-order chi connectivity index (χ1) is 10.7. The summed E-state index contributed by atoms with van der Waals surface area (Å²) in [6.45, 7) is 1.44. The topological polar surface area (TPSA) is 49.4 Å². The van der Waals surface area contributed by atoms with Crippen molar-refractivity contribution in [1.82, 2.24) is 10.2 Å². The molecule has 0 atom stereocenters. The van der Waals surface area contributed by atoms with Crippen molar-refractivity contribution in [2.24, 2.45) is 5.92 Å². The highest BCUT2D eigenvalue weighted by atomic mass is 16.2. The molecule has 2 aliphatic rings. The molecule has 0 radical (unpaired) electrons. The zero-order valence-corrected chi connectivity index (χ0v) is 13.0. The Bertz CT molecular complexity index is 517. The number of nitrogens with one attached hydrogen (secondary N) is 1. The Balaban J connectivity index is 1.40. The third-order valence-electron chi connectivity index (χ3n) is 4.61. The zero-order chi connectivity index (χ0) is 15.4. The van der Waals surface area contributed by atoms with E-state index < -0.39 is 0 Å². The minimum atomic E-state index is 0.0961. The molecule has 0 aromatic heterocycles. The van der Waals surface area contributed by atoms with Crippen molar-refractivity contribution < 1.29 is 9.59 Å². The van der Waals surface area contributed by atoms with Gasteiger partial charge in [0, 0.05) is 31.5 Å². The van der Waals surface area contributed by atoms with Gasteiger partial charge in [0.05, 0.1) is 0 Å². The average molecular weight is 300 g/mol. The summed E-state index contributed by atoms with van der Waals surface area (Å²) in [6, 6.07) is 10.5. The normalized spacial score (nSPS) is 19.0. The molecule has 1 aliphatic heterocycles. The minimum Gasteiger partial charge on any atom is -0.353 e. The lowest BCUT2D eigenvalue weighted by Gasteiger charge is -2.31. The Hall–Kier alpha value is -1.84. The summed E-state index contributed by atoms with van der Waals surface area (Å²) in [5.41, 5.74) is 1.20. The van der Waals surface area contributed by atoms with Gasteiger partial charge in [-0.05, 0) is 37.7 Å². The first-order valence-electron chi connectivity index (χ1n) is 8.34. The summed E-state index contributed by atoms with van der Waals surface area (Å²) in [7, 11) is 0. The smallest absolute Gasteiger partial charge is 0.223 e. The van der Waals surface area contributed by atoms with Gasteiger partial charge in [-0.15, -0.1) is 0 Å². The van der Waals surface area contributed by atoms with Gasteiger partial charge >= 0.3 is 0 Å². The van der Waals surface area contributed by atoms with E-state index in [1.54, 1.807) is 0 Å². The summed E-state index contributed by atoms with van der Waals surface area (Å²) in [6.07, 6.45) is 5.21. The van der Waals surface area contributed by atoms with Crippen LogP contribution < -0.4 is 5.32 Å². The van der Waals surface area contributed by atoms with Gasteiger partial charge in [-0.3, -0.25) is 9.59 Å². The van der Waals surface area contributed by atoms with Crippen LogP contribution >= 0.6 is 0 Å². The number of likely N-dealkylation sites (tertiary alicyclic amines) is 1. The lowest BCUT2D eigenvalue weighted by molar-refractivity contribution is -0.135. The monoisotopic (exact) mass is 300 g/mol. The van der Waals surface area contributed by atoms with Gasteiger partial charge in [0.15, 0.2) is 0 Å². The molecule has 1 heterocycles.